The molecule has 0 aliphatic carbocycles. The van der Waals surface area contributed by atoms with Crippen LogP contribution >= 0.6 is 0 Å². The van der Waals surface area contributed by atoms with Crippen molar-refractivity contribution in [1.82, 2.24) is 0 Å². The van der Waals surface area contributed by atoms with Crippen molar-refractivity contribution >= 4 is 21.7 Å². The van der Waals surface area contributed by atoms with E-state index in [4.69, 9.17) is 0 Å². The van der Waals surface area contributed by atoms with Crippen LogP contribution in [-0.4, -0.2) is 83.9 Å². The van der Waals surface area contributed by atoms with Crippen molar-refractivity contribution in [2.75, 3.05) is 38.5 Å². The fourth-order valence-corrected chi connectivity index (χ4v) is 5.19. The second-order valence-electron chi connectivity index (χ2n) is 9.49. The van der Waals surface area contributed by atoms with E-state index in [0.29, 0.717) is 19.5 Å². The Morgan fingerprint density at radius 3 is 2.20 bits per heavy atom. The van der Waals surface area contributed by atoms with Crippen molar-refractivity contribution in [2.24, 2.45) is 4.99 Å². The van der Waals surface area contributed by atoms with Gasteiger partial charge >= 0.3 is 29.6 Å². The van der Waals surface area contributed by atoms with E-state index in [9.17, 15) is 28.0 Å². The molecular weight excluding hydrogens is 479 g/mol. The zero-order valence-electron chi connectivity index (χ0n) is 22.0. The molecule has 0 aromatic heterocycles. The van der Waals surface area contributed by atoms with Crippen LogP contribution in [0.15, 0.2) is 17.1 Å². The van der Waals surface area contributed by atoms with Crippen LogP contribution in [0, 0.1) is 0 Å². The van der Waals surface area contributed by atoms with Crippen LogP contribution in [0.25, 0.3) is 0 Å². The second kappa shape index (κ2) is 19.9. The fourth-order valence-electron chi connectivity index (χ4n) is 4.62. The van der Waals surface area contributed by atoms with Gasteiger partial charge in [-0.3, -0.25) is 9.28 Å². The molecule has 35 heavy (non-hydrogen) atoms. The Morgan fingerprint density at radius 2 is 1.63 bits per heavy atom. The van der Waals surface area contributed by atoms with E-state index >= 15 is 0 Å². The Balaban J connectivity index is 0.0000116. The van der Waals surface area contributed by atoms with Crippen LogP contribution in [-0.2, 0) is 14.9 Å². The summed E-state index contributed by atoms with van der Waals surface area (Å²) in [6, 6.07) is 0. The third kappa shape index (κ3) is 15.7. The van der Waals surface area contributed by atoms with Crippen molar-refractivity contribution in [3.05, 3.63) is 12.2 Å². The maximum absolute atomic E-state index is 12.8. The van der Waals surface area contributed by atoms with Gasteiger partial charge in [-0.05, 0) is 32.1 Å². The maximum Gasteiger partial charge on any atom is 1.00 e. The number of ketones is 1. The van der Waals surface area contributed by atoms with Crippen molar-refractivity contribution < 1.29 is 62.0 Å². The summed E-state index contributed by atoms with van der Waals surface area (Å²) in [7, 11) is -4.58. The smallest absolute Gasteiger partial charge is 0.748 e. The van der Waals surface area contributed by atoms with E-state index in [-0.39, 0.29) is 65.4 Å². The van der Waals surface area contributed by atoms with Crippen molar-refractivity contribution in [2.45, 2.75) is 96.5 Å². The molecule has 0 fully saturated rings. The average molecular weight is 526 g/mol. The van der Waals surface area contributed by atoms with Crippen molar-refractivity contribution in [3.63, 3.8) is 0 Å². The van der Waals surface area contributed by atoms with E-state index in [1.165, 1.54) is 38.5 Å². The molecule has 198 valence electrons. The number of amidine groups is 1. The van der Waals surface area contributed by atoms with Crippen LogP contribution in [0.4, 0.5) is 0 Å². The predicted octanol–water partition coefficient (Wildman–Crippen LogP) is 0.334. The molecule has 0 bridgehead atoms. The van der Waals surface area contributed by atoms with Gasteiger partial charge in [0.15, 0.2) is 0 Å². The number of allylic oxidation sites excluding steroid dienone is 2. The number of hydrogen-bond acceptors (Lipinski definition) is 7. The monoisotopic (exact) mass is 525 g/mol. The molecule has 1 rings (SSSR count). The summed E-state index contributed by atoms with van der Waals surface area (Å²) in [5.74, 6) is -0.746. The Labute approximate surface area is 234 Å². The summed E-state index contributed by atoms with van der Waals surface area (Å²) in [6.45, 7) is 2.84. The first-order valence-electron chi connectivity index (χ1n) is 13.1. The largest absolute Gasteiger partial charge is 1.00 e. The predicted molar refractivity (Wildman–Crippen MR) is 135 cm³/mol. The first-order valence-corrected chi connectivity index (χ1v) is 14.6. The van der Waals surface area contributed by atoms with E-state index in [1.807, 2.05) is 0 Å². The zero-order valence-corrected chi connectivity index (χ0v) is 24.8. The molecule has 2 atom stereocenters. The molecule has 10 heteroatoms. The van der Waals surface area contributed by atoms with Crippen LogP contribution in [0.5, 0.6) is 0 Å². The molecular formula is C25H46N2NaO6S+. The number of aliphatic hydroxyl groups is 2. The molecule has 2 N–H and O–H groups in total. The molecule has 0 radical (unpaired) electrons. The molecule has 0 saturated heterocycles. The quantitative estimate of drug-likeness (QED) is 0.0731. The van der Waals surface area contributed by atoms with Crippen LogP contribution in [0.2, 0.25) is 0 Å². The number of carbonyl (C=O) groups is 1. The summed E-state index contributed by atoms with van der Waals surface area (Å²) in [5.41, 5.74) is 0. The standard InChI is InChI=1S/C25H46N2O6S.Na/c1-2-3-4-5-6-7-8-9-10-11-12-13-14-15-16-24(30)25-26-17-18-27(25,19-20-28)21-23(29)22-34(31,32)33;/h9-10,23,28-29H,2-8,11-22H2,1H3;/q;+1/b10-9+;. The van der Waals surface area contributed by atoms with E-state index in [0.717, 1.165) is 38.5 Å². The topological polar surface area (TPSA) is 127 Å². The van der Waals surface area contributed by atoms with Crippen LogP contribution in [0.3, 0.4) is 0 Å². The van der Waals surface area contributed by atoms with Gasteiger partial charge in [-0.15, -0.1) is 0 Å². The Morgan fingerprint density at radius 1 is 1.06 bits per heavy atom. The van der Waals surface area contributed by atoms with Gasteiger partial charge in [0.1, 0.15) is 25.7 Å². The second-order valence-corrected chi connectivity index (χ2v) is 10.9. The van der Waals surface area contributed by atoms with Gasteiger partial charge in [-0.25, -0.2) is 13.4 Å². The summed E-state index contributed by atoms with van der Waals surface area (Å²) in [4.78, 5) is 17.1. The van der Waals surface area contributed by atoms with E-state index in [1.54, 1.807) is 0 Å². The number of aliphatic imine (C=N–C) groups is 1. The maximum atomic E-state index is 12.8. The van der Waals surface area contributed by atoms with E-state index in [2.05, 4.69) is 24.1 Å². The van der Waals surface area contributed by atoms with Gasteiger partial charge in [0, 0.05) is 6.42 Å². The SMILES string of the molecule is CCCCCCCC/C=C/CCCCCCC(=O)C1=NCC[N+]1(CCO)CC(O)CS(=O)(=O)[O-].[Na+]. The molecule has 0 amide bonds. The summed E-state index contributed by atoms with van der Waals surface area (Å²) in [6.07, 6.45) is 17.5. The van der Waals surface area contributed by atoms with Gasteiger partial charge in [0.2, 0.25) is 5.78 Å². The van der Waals surface area contributed by atoms with Crippen molar-refractivity contribution in [1.29, 1.82) is 0 Å². The minimum atomic E-state index is -4.58. The summed E-state index contributed by atoms with van der Waals surface area (Å²) in [5, 5.41) is 19.6. The number of aliphatic hydroxyl groups excluding tert-OH is 2. The number of nitrogens with zero attached hydrogens (tertiary/aromatic N) is 2. The first kappa shape index (κ1) is 34.9. The molecule has 1 aliphatic rings. The molecule has 0 aromatic rings. The van der Waals surface area contributed by atoms with Gasteiger partial charge in [0.25, 0.3) is 5.84 Å². The zero-order chi connectivity index (χ0) is 25.3. The molecule has 2 unspecified atom stereocenters. The summed E-state index contributed by atoms with van der Waals surface area (Å²) < 4.78 is 32.9. The minimum absolute atomic E-state index is 0. The average Bonchev–Trinajstić information content (AvgIpc) is 3.15. The van der Waals surface area contributed by atoms with Gasteiger partial charge in [0.05, 0.1) is 29.0 Å². The van der Waals surface area contributed by atoms with Gasteiger partial charge in [-0.1, -0.05) is 64.0 Å². The third-order valence-electron chi connectivity index (χ3n) is 6.39. The third-order valence-corrected chi connectivity index (χ3v) is 7.18. The first-order chi connectivity index (χ1) is 16.2. The molecule has 0 aromatic carbocycles. The molecule has 8 nitrogen and oxygen atoms in total. The molecule has 1 heterocycles. The van der Waals surface area contributed by atoms with Crippen molar-refractivity contribution in [3.8, 4) is 0 Å². The van der Waals surface area contributed by atoms with Crippen LogP contribution < -0.4 is 29.6 Å². The number of hydrogen-bond donors (Lipinski definition) is 2. The number of carbonyl (C=O) groups excluding carboxylic acids is 1. The fraction of sp³-hybridized carbons (Fsp3) is 0.840. The van der Waals surface area contributed by atoms with Gasteiger partial charge < -0.3 is 14.8 Å². The van der Waals surface area contributed by atoms with Crippen LogP contribution in [0.1, 0.15) is 90.4 Å². The number of unbranched alkanes of at least 4 members (excludes halogenated alkanes) is 10. The number of quaternary nitrogens is 1. The minimum Gasteiger partial charge on any atom is -0.748 e. The molecule has 0 saturated carbocycles. The number of Topliss-reactive ketones (excluding diaryl/α,β-unsaturated/α-hetero) is 1. The normalized spacial score (nSPS) is 19.0. The number of rotatable bonds is 21. The molecule has 0 spiro atoms. The van der Waals surface area contributed by atoms with E-state index < -0.39 is 22.0 Å². The van der Waals surface area contributed by atoms with Gasteiger partial charge in [-0.2, -0.15) is 0 Å². The Kier molecular flexibility index (Phi) is 19.8. The molecule has 1 aliphatic heterocycles. The Bertz CT molecular complexity index is 744. The Hall–Kier alpha value is -0.130. The summed E-state index contributed by atoms with van der Waals surface area (Å²) >= 11 is 0.